The zero-order chi connectivity index (χ0) is 16.6. The first-order valence-electron chi connectivity index (χ1n) is 8.68. The first kappa shape index (κ1) is 15.2. The van der Waals surface area contributed by atoms with Crippen molar-refractivity contribution in [2.75, 3.05) is 13.1 Å². The molecule has 1 aromatic heterocycles. The monoisotopic (exact) mass is 325 g/mol. The molecule has 1 saturated heterocycles. The molecule has 1 unspecified atom stereocenters. The molecule has 0 spiro atoms. The third-order valence-corrected chi connectivity index (χ3v) is 5.39. The van der Waals surface area contributed by atoms with Crippen molar-refractivity contribution >= 4 is 5.91 Å². The number of rotatable bonds is 5. The van der Waals surface area contributed by atoms with Gasteiger partial charge in [-0.1, -0.05) is 12.1 Å². The Kier molecular flexibility index (Phi) is 3.79. The van der Waals surface area contributed by atoms with Gasteiger partial charge in [-0.15, -0.1) is 0 Å². The van der Waals surface area contributed by atoms with Crippen molar-refractivity contribution in [3.8, 4) is 5.75 Å². The molecule has 1 N–H and O–H groups in total. The van der Waals surface area contributed by atoms with E-state index >= 15 is 0 Å². The highest BCUT2D eigenvalue weighted by molar-refractivity contribution is 5.85. The van der Waals surface area contributed by atoms with Crippen molar-refractivity contribution in [3.05, 3.63) is 48.5 Å². The molecule has 1 aliphatic carbocycles. The maximum Gasteiger partial charge on any atom is 0.230 e. The number of amides is 1. The van der Waals surface area contributed by atoms with Crippen LogP contribution in [0.1, 0.15) is 24.8 Å². The number of carbonyl (C=O) groups excluding carboxylic acids is 1. The Balaban J connectivity index is 1.36. The van der Waals surface area contributed by atoms with Gasteiger partial charge in [-0.25, -0.2) is 4.98 Å². The Morgan fingerprint density at radius 2 is 2.08 bits per heavy atom. The van der Waals surface area contributed by atoms with Gasteiger partial charge >= 0.3 is 0 Å². The number of aromatic nitrogens is 2. The van der Waals surface area contributed by atoms with Crippen molar-refractivity contribution in [1.82, 2.24) is 14.5 Å². The first-order valence-corrected chi connectivity index (χ1v) is 8.68. The van der Waals surface area contributed by atoms with Crippen molar-refractivity contribution in [3.63, 3.8) is 0 Å². The summed E-state index contributed by atoms with van der Waals surface area (Å²) in [5.41, 5.74) is 1.04. The van der Waals surface area contributed by atoms with E-state index < -0.39 is 0 Å². The van der Waals surface area contributed by atoms with E-state index in [1.54, 1.807) is 24.7 Å². The molecule has 2 aromatic rings. The lowest BCUT2D eigenvalue weighted by atomic mass is 9.98. The molecule has 1 amide bonds. The molecule has 1 atom stereocenters. The minimum atomic E-state index is -0.186. The van der Waals surface area contributed by atoms with Crippen molar-refractivity contribution in [1.29, 1.82) is 0 Å². The first-order chi connectivity index (χ1) is 11.6. The number of aromatic hydroxyl groups is 1. The molecule has 126 valence electrons. The number of phenolic OH excluding ortho intramolecular Hbond substituents is 1. The van der Waals surface area contributed by atoms with Gasteiger partial charge in [-0.3, -0.25) is 4.79 Å². The van der Waals surface area contributed by atoms with E-state index in [1.807, 2.05) is 22.9 Å². The summed E-state index contributed by atoms with van der Waals surface area (Å²) >= 11 is 0. The molecule has 0 radical (unpaired) electrons. The molecule has 1 saturated carbocycles. The van der Waals surface area contributed by atoms with Crippen LogP contribution in [0.25, 0.3) is 0 Å². The smallest absolute Gasteiger partial charge is 0.230 e. The molecular formula is C19H23N3O2. The maximum absolute atomic E-state index is 13.0. The summed E-state index contributed by atoms with van der Waals surface area (Å²) < 4.78 is 2.02. The van der Waals surface area contributed by atoms with Crippen LogP contribution >= 0.6 is 0 Å². The van der Waals surface area contributed by atoms with Crippen molar-refractivity contribution in [2.24, 2.45) is 11.3 Å². The summed E-state index contributed by atoms with van der Waals surface area (Å²) in [6.45, 7) is 2.48. The Labute approximate surface area is 141 Å². The average molecular weight is 325 g/mol. The minimum absolute atomic E-state index is 0.186. The van der Waals surface area contributed by atoms with Crippen LogP contribution in [0.4, 0.5) is 0 Å². The van der Waals surface area contributed by atoms with Crippen LogP contribution in [0.15, 0.2) is 43.0 Å². The van der Waals surface area contributed by atoms with Gasteiger partial charge in [0, 0.05) is 32.0 Å². The number of benzene rings is 1. The second-order valence-electron chi connectivity index (χ2n) is 7.29. The number of imidazole rings is 1. The van der Waals surface area contributed by atoms with E-state index in [1.165, 1.54) is 5.56 Å². The Bertz CT molecular complexity index is 705. The van der Waals surface area contributed by atoms with E-state index in [4.69, 9.17) is 0 Å². The number of hydrogen-bond donors (Lipinski definition) is 1. The quantitative estimate of drug-likeness (QED) is 0.919. The van der Waals surface area contributed by atoms with Gasteiger partial charge in [0.15, 0.2) is 0 Å². The van der Waals surface area contributed by atoms with Crippen LogP contribution in [-0.2, 0) is 17.8 Å². The summed E-state index contributed by atoms with van der Waals surface area (Å²) in [5.74, 6) is 1.14. The molecular weight excluding hydrogens is 302 g/mol. The topological polar surface area (TPSA) is 58.4 Å². The Hall–Kier alpha value is -2.30. The van der Waals surface area contributed by atoms with Gasteiger partial charge in [0.05, 0.1) is 11.7 Å². The summed E-state index contributed by atoms with van der Waals surface area (Å²) in [5, 5.41) is 9.38. The van der Waals surface area contributed by atoms with Crippen LogP contribution in [0, 0.1) is 11.3 Å². The number of carbonyl (C=O) groups is 1. The average Bonchev–Trinajstić information content (AvgIpc) is 2.98. The number of likely N-dealkylation sites (tertiary alicyclic amines) is 1. The number of hydrogen-bond acceptors (Lipinski definition) is 3. The third kappa shape index (κ3) is 3.03. The lowest BCUT2D eigenvalue weighted by Crippen LogP contribution is -2.37. The molecule has 5 heteroatoms. The van der Waals surface area contributed by atoms with Gasteiger partial charge in [0.1, 0.15) is 5.75 Å². The molecule has 1 aromatic carbocycles. The van der Waals surface area contributed by atoms with Crippen LogP contribution in [0.2, 0.25) is 0 Å². The predicted molar refractivity (Wildman–Crippen MR) is 90.4 cm³/mol. The predicted octanol–water partition coefficient (Wildman–Crippen LogP) is 2.46. The largest absolute Gasteiger partial charge is 0.508 e. The molecule has 24 heavy (non-hydrogen) atoms. The second kappa shape index (κ2) is 5.96. The summed E-state index contributed by atoms with van der Waals surface area (Å²) in [6, 6.07) is 7.41. The lowest BCUT2D eigenvalue weighted by Gasteiger charge is -2.23. The van der Waals surface area contributed by atoms with Crippen LogP contribution in [0.5, 0.6) is 5.75 Å². The van der Waals surface area contributed by atoms with E-state index in [0.29, 0.717) is 17.6 Å². The van der Waals surface area contributed by atoms with E-state index in [9.17, 15) is 9.90 Å². The summed E-state index contributed by atoms with van der Waals surface area (Å²) in [4.78, 5) is 19.1. The minimum Gasteiger partial charge on any atom is -0.508 e. The molecule has 2 aliphatic rings. The second-order valence-corrected chi connectivity index (χ2v) is 7.29. The van der Waals surface area contributed by atoms with Crippen LogP contribution in [0.3, 0.4) is 0 Å². The van der Waals surface area contributed by atoms with Gasteiger partial charge in [-0.05, 0) is 49.3 Å². The highest BCUT2D eigenvalue weighted by atomic mass is 16.3. The van der Waals surface area contributed by atoms with Gasteiger partial charge in [0.25, 0.3) is 0 Å². The SMILES string of the molecule is O=C(N1CCC(Cc2ccc(O)cc2)C1)C1(Cn2ccnc2)CC1. The van der Waals surface area contributed by atoms with Crippen LogP contribution < -0.4 is 0 Å². The molecule has 2 heterocycles. The van der Waals surface area contributed by atoms with Crippen LogP contribution in [-0.4, -0.2) is 38.6 Å². The zero-order valence-corrected chi connectivity index (χ0v) is 13.8. The van der Waals surface area contributed by atoms with E-state index in [2.05, 4.69) is 9.88 Å². The fourth-order valence-corrected chi connectivity index (χ4v) is 3.80. The van der Waals surface area contributed by atoms with Crippen molar-refractivity contribution in [2.45, 2.75) is 32.2 Å². The fourth-order valence-electron chi connectivity index (χ4n) is 3.80. The molecule has 2 fully saturated rings. The number of phenols is 1. The van der Waals surface area contributed by atoms with Gasteiger partial charge < -0.3 is 14.6 Å². The lowest BCUT2D eigenvalue weighted by molar-refractivity contribution is -0.136. The molecule has 4 rings (SSSR count). The maximum atomic E-state index is 13.0. The standard InChI is InChI=1S/C19H23N3O2/c23-17-3-1-15(2-4-17)11-16-5-9-22(12-16)18(24)19(6-7-19)13-21-10-8-20-14-21/h1-4,8,10,14,16,23H,5-7,9,11-13H2. The molecule has 5 nitrogen and oxygen atoms in total. The van der Waals surface area contributed by atoms with E-state index in [-0.39, 0.29) is 5.41 Å². The van der Waals surface area contributed by atoms with Gasteiger partial charge in [0.2, 0.25) is 5.91 Å². The zero-order valence-electron chi connectivity index (χ0n) is 13.8. The summed E-state index contributed by atoms with van der Waals surface area (Å²) in [6.07, 6.45) is 9.51. The third-order valence-electron chi connectivity index (χ3n) is 5.39. The highest BCUT2D eigenvalue weighted by Gasteiger charge is 2.52. The van der Waals surface area contributed by atoms with Crippen molar-refractivity contribution < 1.29 is 9.90 Å². The molecule has 0 bridgehead atoms. The fraction of sp³-hybridized carbons (Fsp3) is 0.474. The van der Waals surface area contributed by atoms with Gasteiger partial charge in [-0.2, -0.15) is 0 Å². The Morgan fingerprint density at radius 1 is 1.29 bits per heavy atom. The summed E-state index contributed by atoms with van der Waals surface area (Å²) in [7, 11) is 0. The van der Waals surface area contributed by atoms with E-state index in [0.717, 1.165) is 45.3 Å². The molecule has 1 aliphatic heterocycles. The Morgan fingerprint density at radius 3 is 2.75 bits per heavy atom. The normalized spacial score (nSPS) is 21.8. The highest BCUT2D eigenvalue weighted by Crippen LogP contribution is 2.49. The number of nitrogens with zero attached hydrogens (tertiary/aromatic N) is 3.